The molecular formula is C28H38ClN7. The fourth-order valence-electron chi connectivity index (χ4n) is 4.47. The Hall–Kier alpha value is -3.19. The average Bonchev–Trinajstić information content (AvgIpc) is 3.15. The average molecular weight is 508 g/mol. The van der Waals surface area contributed by atoms with Gasteiger partial charge in [0.15, 0.2) is 0 Å². The predicted molar refractivity (Wildman–Crippen MR) is 154 cm³/mol. The van der Waals surface area contributed by atoms with Gasteiger partial charge in [-0.3, -0.25) is 9.98 Å². The number of halogens is 1. The fourth-order valence-corrected chi connectivity index (χ4v) is 4.82. The number of hydrogen-bond donors (Lipinski definition) is 2. The Morgan fingerprint density at radius 3 is 2.44 bits per heavy atom. The van der Waals surface area contributed by atoms with E-state index in [-0.39, 0.29) is 0 Å². The zero-order valence-corrected chi connectivity index (χ0v) is 23.0. The van der Waals surface area contributed by atoms with E-state index in [4.69, 9.17) is 17.3 Å². The first kappa shape index (κ1) is 27.4. The third-order valence-corrected chi connectivity index (χ3v) is 6.90. The van der Waals surface area contributed by atoms with Gasteiger partial charge in [-0.15, -0.1) is 0 Å². The molecule has 2 atom stereocenters. The van der Waals surface area contributed by atoms with Crippen LogP contribution in [-0.2, 0) is 6.42 Å². The van der Waals surface area contributed by atoms with Crippen LogP contribution in [0.4, 0.5) is 5.82 Å². The molecule has 2 unspecified atom stereocenters. The fraction of sp³-hybridized carbons (Fsp3) is 0.429. The number of aryl methyl sites for hydroxylation is 2. The van der Waals surface area contributed by atoms with Crippen LogP contribution in [0.15, 0.2) is 58.2 Å². The highest BCUT2D eigenvalue weighted by Gasteiger charge is 2.56. The molecule has 0 aromatic carbocycles. The number of hydrogen-bond acceptors (Lipinski definition) is 5. The van der Waals surface area contributed by atoms with Crippen molar-refractivity contribution in [3.05, 3.63) is 64.8 Å². The summed E-state index contributed by atoms with van der Waals surface area (Å²) in [6.45, 7) is 21.2. The van der Waals surface area contributed by atoms with Gasteiger partial charge in [-0.1, -0.05) is 49.4 Å². The van der Waals surface area contributed by atoms with Crippen molar-refractivity contribution in [2.45, 2.75) is 54.0 Å². The van der Waals surface area contributed by atoms with Crippen LogP contribution in [0.3, 0.4) is 0 Å². The summed E-state index contributed by atoms with van der Waals surface area (Å²) in [7, 11) is 0. The van der Waals surface area contributed by atoms with E-state index in [1.807, 2.05) is 46.8 Å². The highest BCUT2D eigenvalue weighted by atomic mass is 35.5. The second-order valence-corrected chi connectivity index (χ2v) is 9.82. The maximum Gasteiger partial charge on any atom is 0.144 e. The number of fused-ring (bicyclic) bond motifs is 2. The molecule has 0 amide bonds. The molecule has 3 N–H and O–H groups in total. The Morgan fingerprint density at radius 1 is 1.25 bits per heavy atom. The molecule has 7 nitrogen and oxygen atoms in total. The number of aromatic amines is 1. The van der Waals surface area contributed by atoms with Crippen molar-refractivity contribution in [1.29, 1.82) is 0 Å². The van der Waals surface area contributed by atoms with Gasteiger partial charge in [-0.25, -0.2) is 9.97 Å². The lowest BCUT2D eigenvalue weighted by Gasteiger charge is -2.21. The molecule has 0 spiro atoms. The van der Waals surface area contributed by atoms with E-state index >= 15 is 0 Å². The van der Waals surface area contributed by atoms with E-state index in [1.165, 1.54) is 5.57 Å². The Bertz CT molecular complexity index is 1250. The lowest BCUT2D eigenvalue weighted by Crippen LogP contribution is -2.27. The number of nitrogens with zero attached hydrogens (tertiary/aromatic N) is 5. The highest BCUT2D eigenvalue weighted by Crippen LogP contribution is 2.50. The van der Waals surface area contributed by atoms with Crippen molar-refractivity contribution in [3.63, 3.8) is 0 Å². The van der Waals surface area contributed by atoms with Crippen LogP contribution < -0.4 is 10.6 Å². The Balaban J connectivity index is 0.000000240. The number of aliphatic imine (C=N–C) groups is 2. The van der Waals surface area contributed by atoms with Gasteiger partial charge in [0.2, 0.25) is 0 Å². The SMILES string of the molecule is C=CC=N/C(=C/C(C)=C\C)C(=C)C.CCc1[nH]c2nc(C)nc(N3CC4C(C3)C4N=C(C)N)c2c1Cl. The zero-order chi connectivity index (χ0) is 26.6. The lowest BCUT2D eigenvalue weighted by atomic mass is 10.2. The minimum absolute atomic E-state index is 0.391. The molecule has 2 aromatic heterocycles. The van der Waals surface area contributed by atoms with Gasteiger partial charge < -0.3 is 15.6 Å². The van der Waals surface area contributed by atoms with Crippen molar-refractivity contribution in [3.8, 4) is 0 Å². The third-order valence-electron chi connectivity index (χ3n) is 6.49. The minimum atomic E-state index is 0.391. The van der Waals surface area contributed by atoms with Gasteiger partial charge in [0, 0.05) is 36.8 Å². The summed E-state index contributed by atoms with van der Waals surface area (Å²) in [5, 5.41) is 1.70. The number of H-pyrrole nitrogens is 1. The number of rotatable bonds is 7. The molecule has 36 heavy (non-hydrogen) atoms. The van der Waals surface area contributed by atoms with Crippen molar-refractivity contribution < 1.29 is 0 Å². The van der Waals surface area contributed by atoms with Gasteiger partial charge in [0.1, 0.15) is 17.3 Å². The molecule has 4 rings (SSSR count). The summed E-state index contributed by atoms with van der Waals surface area (Å²) in [5.74, 6) is 3.57. The summed E-state index contributed by atoms with van der Waals surface area (Å²) in [4.78, 5) is 23.6. The number of nitrogens with two attached hydrogens (primary N) is 1. The van der Waals surface area contributed by atoms with E-state index < -0.39 is 0 Å². The maximum absolute atomic E-state index is 6.56. The second-order valence-electron chi connectivity index (χ2n) is 9.44. The monoisotopic (exact) mass is 507 g/mol. The van der Waals surface area contributed by atoms with E-state index in [0.717, 1.165) is 64.2 Å². The van der Waals surface area contributed by atoms with Gasteiger partial charge in [-0.2, -0.15) is 0 Å². The van der Waals surface area contributed by atoms with Crippen LogP contribution in [0, 0.1) is 18.8 Å². The van der Waals surface area contributed by atoms with Crippen molar-refractivity contribution in [2.24, 2.45) is 27.6 Å². The molecule has 2 fully saturated rings. The Kier molecular flexibility index (Phi) is 8.90. The molecule has 1 saturated heterocycles. The van der Waals surface area contributed by atoms with Crippen LogP contribution in [0.25, 0.3) is 11.0 Å². The standard InChI is InChI=1S/C16H21ClN6.C12H17N/c1-4-11-13(17)12-15(22-11)20-8(3)21-16(12)23-5-9-10(6-23)14(9)19-7(2)18;1-6-8-13-12(10(3)4)9-11(5)7-2/h9-10,14H,4-6H2,1-3H3,(H2,18,19)(H,20,21,22);6-9H,1,3H2,2,4-5H3/b;11-7-,12-9+,13-8?. The summed E-state index contributed by atoms with van der Waals surface area (Å²) in [6.07, 6.45) is 8.21. The van der Waals surface area contributed by atoms with E-state index in [0.29, 0.717) is 23.7 Å². The molecule has 2 aliphatic rings. The van der Waals surface area contributed by atoms with Gasteiger partial charge in [-0.05, 0) is 52.7 Å². The van der Waals surface area contributed by atoms with Crippen LogP contribution in [0.5, 0.6) is 0 Å². The van der Waals surface area contributed by atoms with E-state index in [9.17, 15) is 0 Å². The maximum atomic E-state index is 6.56. The van der Waals surface area contributed by atoms with Gasteiger partial charge >= 0.3 is 0 Å². The molecule has 1 aliphatic heterocycles. The molecule has 2 aromatic rings. The van der Waals surface area contributed by atoms with E-state index in [1.54, 1.807) is 12.3 Å². The summed E-state index contributed by atoms with van der Waals surface area (Å²) < 4.78 is 0. The lowest BCUT2D eigenvalue weighted by molar-refractivity contribution is 0.736. The van der Waals surface area contributed by atoms with Crippen LogP contribution in [-0.4, -0.2) is 46.1 Å². The normalized spacial score (nSPS) is 22.0. The topological polar surface area (TPSA) is 95.5 Å². The Labute approximate surface area is 219 Å². The quantitative estimate of drug-likeness (QED) is 0.274. The molecule has 0 bridgehead atoms. The molecule has 0 radical (unpaired) electrons. The molecular weight excluding hydrogens is 470 g/mol. The van der Waals surface area contributed by atoms with Gasteiger partial charge in [0.05, 0.1) is 28.0 Å². The van der Waals surface area contributed by atoms with Crippen LogP contribution >= 0.6 is 11.6 Å². The smallest absolute Gasteiger partial charge is 0.144 e. The second kappa shape index (κ2) is 11.7. The summed E-state index contributed by atoms with van der Waals surface area (Å²) >= 11 is 6.56. The molecule has 1 saturated carbocycles. The minimum Gasteiger partial charge on any atom is -0.388 e. The Morgan fingerprint density at radius 2 is 1.92 bits per heavy atom. The number of aromatic nitrogens is 3. The van der Waals surface area contributed by atoms with E-state index in [2.05, 4.69) is 49.9 Å². The molecule has 192 valence electrons. The zero-order valence-electron chi connectivity index (χ0n) is 22.3. The number of anilines is 1. The number of nitrogens with one attached hydrogen (secondary N) is 1. The summed E-state index contributed by atoms with van der Waals surface area (Å²) in [6, 6.07) is 0.391. The molecule has 3 heterocycles. The summed E-state index contributed by atoms with van der Waals surface area (Å²) in [5.41, 5.74) is 10.6. The first-order chi connectivity index (χ1) is 17.1. The van der Waals surface area contributed by atoms with Crippen molar-refractivity contribution >= 4 is 40.5 Å². The highest BCUT2D eigenvalue weighted by molar-refractivity contribution is 6.37. The first-order valence-electron chi connectivity index (χ1n) is 12.4. The van der Waals surface area contributed by atoms with Gasteiger partial charge in [0.25, 0.3) is 0 Å². The predicted octanol–water partition coefficient (Wildman–Crippen LogP) is 5.96. The number of piperidine rings is 1. The van der Waals surface area contributed by atoms with Crippen molar-refractivity contribution in [2.75, 3.05) is 18.0 Å². The van der Waals surface area contributed by atoms with Crippen molar-refractivity contribution in [1.82, 2.24) is 15.0 Å². The van der Waals surface area contributed by atoms with Crippen LogP contribution in [0.1, 0.15) is 46.1 Å². The number of allylic oxidation sites excluding steroid dienone is 5. The van der Waals surface area contributed by atoms with Crippen LogP contribution in [0.2, 0.25) is 5.02 Å². The largest absolute Gasteiger partial charge is 0.388 e. The molecule has 1 aliphatic carbocycles. The molecule has 8 heteroatoms. The third kappa shape index (κ3) is 6.13. The number of amidine groups is 1. The first-order valence-corrected chi connectivity index (χ1v) is 12.7.